The predicted octanol–water partition coefficient (Wildman–Crippen LogP) is 4.85. The molecule has 0 bridgehead atoms. The van der Waals surface area contributed by atoms with E-state index >= 15 is 0 Å². The van der Waals surface area contributed by atoms with Crippen LogP contribution in [0.2, 0.25) is 0 Å². The highest BCUT2D eigenvalue weighted by molar-refractivity contribution is 5.92. The van der Waals surface area contributed by atoms with Crippen LogP contribution in [0, 0.1) is 0 Å². The third-order valence-corrected chi connectivity index (χ3v) is 5.60. The zero-order chi connectivity index (χ0) is 21.7. The molecule has 1 heterocycles. The minimum atomic E-state index is 0.282. The van der Waals surface area contributed by atoms with Gasteiger partial charge in [-0.3, -0.25) is 0 Å². The van der Waals surface area contributed by atoms with Gasteiger partial charge in [-0.15, -0.1) is 0 Å². The molecule has 0 radical (unpaired) electrons. The first-order valence-corrected chi connectivity index (χ1v) is 10.6. The monoisotopic (exact) mass is 408 g/mol. The largest absolute Gasteiger partial charge is 0.493 e. The van der Waals surface area contributed by atoms with Gasteiger partial charge in [-0.2, -0.15) is 0 Å². The molecule has 0 saturated heterocycles. The molecule has 2 aromatic carbocycles. The third kappa shape index (κ3) is 4.18. The van der Waals surface area contributed by atoms with Crippen molar-refractivity contribution in [3.05, 3.63) is 51.4 Å². The van der Waals surface area contributed by atoms with Gasteiger partial charge in [0.25, 0.3) is 0 Å². The van der Waals surface area contributed by atoms with Gasteiger partial charge in [0.15, 0.2) is 23.0 Å². The highest BCUT2D eigenvalue weighted by atomic mass is 16.7. The van der Waals surface area contributed by atoms with Crippen molar-refractivity contribution in [3.63, 3.8) is 0 Å². The number of allylic oxidation sites excluding steroid dienone is 2. The Labute approximate surface area is 179 Å². The predicted molar refractivity (Wildman–Crippen MR) is 123 cm³/mol. The van der Waals surface area contributed by atoms with Crippen molar-refractivity contribution in [2.75, 3.05) is 21.0 Å². The zero-order valence-electron chi connectivity index (χ0n) is 18.9. The maximum Gasteiger partial charge on any atom is 0.231 e. The number of hydrogen-bond donors (Lipinski definition) is 0. The lowest BCUT2D eigenvalue weighted by molar-refractivity contribution is 0.174. The Morgan fingerprint density at radius 3 is 2.40 bits per heavy atom. The third-order valence-electron chi connectivity index (χ3n) is 5.60. The fourth-order valence-corrected chi connectivity index (χ4v) is 3.88. The molecule has 0 unspecified atom stereocenters. The van der Waals surface area contributed by atoms with Crippen LogP contribution in [0.1, 0.15) is 51.7 Å². The van der Waals surface area contributed by atoms with E-state index in [1.54, 1.807) is 14.2 Å². The van der Waals surface area contributed by atoms with Crippen molar-refractivity contribution in [1.82, 2.24) is 0 Å². The topological polar surface area (TPSA) is 36.9 Å². The van der Waals surface area contributed by atoms with Crippen LogP contribution in [0.5, 0.6) is 23.0 Å². The first-order valence-electron chi connectivity index (χ1n) is 10.6. The number of methoxy groups -OCH3 is 2. The molecule has 1 aliphatic heterocycles. The Bertz CT molecular complexity index is 1060. The van der Waals surface area contributed by atoms with Crippen LogP contribution in [0.15, 0.2) is 29.8 Å². The first kappa shape index (κ1) is 21.8. The van der Waals surface area contributed by atoms with Crippen molar-refractivity contribution >= 4 is 17.7 Å². The summed E-state index contributed by atoms with van der Waals surface area (Å²) < 4.78 is 22.5. The lowest BCUT2D eigenvalue weighted by atomic mass is 9.91. The van der Waals surface area contributed by atoms with Gasteiger partial charge in [0, 0.05) is 5.22 Å². The molecule has 0 aliphatic carbocycles. The molecule has 2 aromatic rings. The molecular formula is C26H32O4. The number of hydrogen-bond acceptors (Lipinski definition) is 4. The summed E-state index contributed by atoms with van der Waals surface area (Å²) in [7, 11) is 3.34. The fourth-order valence-electron chi connectivity index (χ4n) is 3.88. The summed E-state index contributed by atoms with van der Waals surface area (Å²) in [6.07, 6.45) is 7.34. The van der Waals surface area contributed by atoms with Crippen LogP contribution < -0.4 is 29.4 Å². The highest BCUT2D eigenvalue weighted by Gasteiger charge is 2.19. The number of fused-ring (bicyclic) bond motifs is 1. The maximum absolute atomic E-state index is 5.70. The first-order chi connectivity index (χ1) is 14.6. The molecule has 0 fully saturated rings. The van der Waals surface area contributed by atoms with E-state index in [1.165, 1.54) is 22.3 Å². The SMILES string of the molecule is C/C=c1/c(OC)c(OC)cc/c1=C/C(=C(C)CC)c1cc2c(cc1CCC)OCO2. The molecule has 0 aromatic heterocycles. The van der Waals surface area contributed by atoms with E-state index in [0.717, 1.165) is 52.7 Å². The van der Waals surface area contributed by atoms with Crippen molar-refractivity contribution < 1.29 is 18.9 Å². The Morgan fingerprint density at radius 2 is 1.80 bits per heavy atom. The summed E-state index contributed by atoms with van der Waals surface area (Å²) in [6.45, 7) is 8.89. The van der Waals surface area contributed by atoms with Gasteiger partial charge in [-0.05, 0) is 72.9 Å². The average Bonchev–Trinajstić information content (AvgIpc) is 3.23. The fraction of sp³-hybridized carbons (Fsp3) is 0.385. The zero-order valence-corrected chi connectivity index (χ0v) is 18.9. The van der Waals surface area contributed by atoms with Crippen LogP contribution in [-0.4, -0.2) is 21.0 Å². The van der Waals surface area contributed by atoms with E-state index in [4.69, 9.17) is 18.9 Å². The van der Waals surface area contributed by atoms with Gasteiger partial charge in [0.1, 0.15) is 0 Å². The average molecular weight is 409 g/mol. The van der Waals surface area contributed by atoms with Crippen molar-refractivity contribution in [2.45, 2.75) is 47.0 Å². The smallest absolute Gasteiger partial charge is 0.231 e. The second kappa shape index (κ2) is 9.75. The number of benzene rings is 2. The highest BCUT2D eigenvalue weighted by Crippen LogP contribution is 2.39. The summed E-state index contributed by atoms with van der Waals surface area (Å²) in [5.41, 5.74) is 5.03. The number of aryl methyl sites for hydroxylation is 1. The van der Waals surface area contributed by atoms with Gasteiger partial charge >= 0.3 is 0 Å². The lowest BCUT2D eigenvalue weighted by Gasteiger charge is -2.15. The van der Waals surface area contributed by atoms with Crippen LogP contribution in [0.25, 0.3) is 17.7 Å². The van der Waals surface area contributed by atoms with Crippen molar-refractivity contribution in [2.24, 2.45) is 0 Å². The summed E-state index contributed by atoms with van der Waals surface area (Å²) in [4.78, 5) is 0. The Kier molecular flexibility index (Phi) is 7.09. The maximum atomic E-state index is 5.70. The van der Waals surface area contributed by atoms with Crippen LogP contribution >= 0.6 is 0 Å². The molecule has 4 heteroatoms. The van der Waals surface area contributed by atoms with Crippen LogP contribution in [0.4, 0.5) is 0 Å². The van der Waals surface area contributed by atoms with Gasteiger partial charge in [0.2, 0.25) is 6.79 Å². The molecule has 0 atom stereocenters. The van der Waals surface area contributed by atoms with E-state index in [2.05, 4.69) is 51.1 Å². The normalized spacial score (nSPS) is 14.7. The molecule has 4 nitrogen and oxygen atoms in total. The Hall–Kier alpha value is -2.88. The Morgan fingerprint density at radius 1 is 1.07 bits per heavy atom. The van der Waals surface area contributed by atoms with E-state index in [0.29, 0.717) is 0 Å². The van der Waals surface area contributed by atoms with E-state index < -0.39 is 0 Å². The molecule has 0 amide bonds. The second-order valence-corrected chi connectivity index (χ2v) is 7.40. The molecule has 3 rings (SSSR count). The summed E-state index contributed by atoms with van der Waals surface area (Å²) in [5, 5.41) is 2.12. The second-order valence-electron chi connectivity index (χ2n) is 7.40. The standard InChI is InChI=1S/C26H32O4/c1-7-10-18-14-24-25(30-16-29-24)15-22(18)21(17(4)8-2)13-19-11-12-23(27-5)26(28-6)20(19)9-3/h9,11-15H,7-8,10,16H2,1-6H3/b19-13-,20-9+,21-17?. The minimum Gasteiger partial charge on any atom is -0.493 e. The summed E-state index contributed by atoms with van der Waals surface area (Å²) in [6, 6.07) is 8.32. The molecule has 1 aliphatic rings. The molecule has 30 heavy (non-hydrogen) atoms. The van der Waals surface area contributed by atoms with Gasteiger partial charge in [0.05, 0.1) is 14.2 Å². The number of ether oxygens (including phenoxy) is 4. The molecule has 0 saturated carbocycles. The van der Waals surface area contributed by atoms with E-state index in [9.17, 15) is 0 Å². The van der Waals surface area contributed by atoms with Crippen LogP contribution in [0.3, 0.4) is 0 Å². The lowest BCUT2D eigenvalue weighted by Crippen LogP contribution is -2.26. The molecular weight excluding hydrogens is 376 g/mol. The number of rotatable bonds is 7. The van der Waals surface area contributed by atoms with Gasteiger partial charge < -0.3 is 18.9 Å². The van der Waals surface area contributed by atoms with Gasteiger partial charge in [-0.25, -0.2) is 0 Å². The van der Waals surface area contributed by atoms with Crippen LogP contribution in [-0.2, 0) is 6.42 Å². The minimum absolute atomic E-state index is 0.282. The van der Waals surface area contributed by atoms with E-state index in [-0.39, 0.29) is 6.79 Å². The molecule has 160 valence electrons. The summed E-state index contributed by atoms with van der Waals surface area (Å²) >= 11 is 0. The molecule has 0 spiro atoms. The quantitative estimate of drug-likeness (QED) is 0.656. The summed E-state index contributed by atoms with van der Waals surface area (Å²) in [5.74, 6) is 3.13. The molecule has 0 N–H and O–H groups in total. The van der Waals surface area contributed by atoms with E-state index in [1.807, 2.05) is 13.0 Å². The van der Waals surface area contributed by atoms with Crippen molar-refractivity contribution in [3.8, 4) is 23.0 Å². The Balaban J connectivity index is 2.30. The van der Waals surface area contributed by atoms with Crippen molar-refractivity contribution in [1.29, 1.82) is 0 Å². The van der Waals surface area contributed by atoms with Gasteiger partial charge in [-0.1, -0.05) is 38.0 Å².